The van der Waals surface area contributed by atoms with Gasteiger partial charge in [0.1, 0.15) is 0 Å². The molecule has 3 N–H and O–H groups in total. The fraction of sp³-hybridized carbons (Fsp3) is 0.294. The van der Waals surface area contributed by atoms with Crippen molar-refractivity contribution in [3.63, 3.8) is 0 Å². The Labute approximate surface area is 160 Å². The van der Waals surface area contributed by atoms with E-state index in [0.717, 1.165) is 28.5 Å². The summed E-state index contributed by atoms with van der Waals surface area (Å²) in [7, 11) is 0. The van der Waals surface area contributed by atoms with Gasteiger partial charge in [0.05, 0.1) is 28.2 Å². The van der Waals surface area contributed by atoms with Crippen LogP contribution in [0.5, 0.6) is 0 Å². The van der Waals surface area contributed by atoms with Crippen molar-refractivity contribution in [3.05, 3.63) is 50.8 Å². The first-order valence-electron chi connectivity index (χ1n) is 7.67. The van der Waals surface area contributed by atoms with E-state index in [1.54, 1.807) is 18.5 Å². The maximum Gasteiger partial charge on any atom is 0.253 e. The number of hydrogen-bond donors (Lipinski definition) is 3. The standard InChI is InChI=1S/C17H19ClIN3O2/c18-14-10-12(19)4-5-15(14)22-16-11-20-8-6-13(16)17(24)21-7-2-1-3-9-23/h4-6,8,10-11,22-23H,1-3,7,9H2,(H,21,24). The minimum atomic E-state index is -0.162. The molecule has 0 spiro atoms. The maximum absolute atomic E-state index is 12.4. The number of unbranched alkanes of at least 4 members (excludes halogenated alkanes) is 2. The van der Waals surface area contributed by atoms with Crippen molar-refractivity contribution in [2.45, 2.75) is 19.3 Å². The lowest BCUT2D eigenvalue weighted by molar-refractivity contribution is 0.0953. The zero-order valence-electron chi connectivity index (χ0n) is 13.1. The van der Waals surface area contributed by atoms with Crippen LogP contribution in [0.15, 0.2) is 36.7 Å². The van der Waals surface area contributed by atoms with Crippen LogP contribution in [-0.4, -0.2) is 29.1 Å². The van der Waals surface area contributed by atoms with Gasteiger partial charge < -0.3 is 15.7 Å². The number of carbonyl (C=O) groups excluding carboxylic acids is 1. The fourth-order valence-corrected chi connectivity index (χ4v) is 3.04. The molecule has 1 aromatic carbocycles. The Bertz CT molecular complexity index is 697. The van der Waals surface area contributed by atoms with Crippen LogP contribution < -0.4 is 10.6 Å². The topological polar surface area (TPSA) is 74.2 Å². The molecule has 0 atom stereocenters. The summed E-state index contributed by atoms with van der Waals surface area (Å²) >= 11 is 8.43. The Balaban J connectivity index is 2.05. The molecule has 1 amide bonds. The molecule has 7 heteroatoms. The zero-order chi connectivity index (χ0) is 17.4. The van der Waals surface area contributed by atoms with E-state index in [1.165, 1.54) is 0 Å². The van der Waals surface area contributed by atoms with Gasteiger partial charge in [0, 0.05) is 22.9 Å². The summed E-state index contributed by atoms with van der Waals surface area (Å²) in [5, 5.41) is 15.4. The van der Waals surface area contributed by atoms with Crippen LogP contribution in [0, 0.1) is 3.57 Å². The van der Waals surface area contributed by atoms with E-state index in [1.807, 2.05) is 18.2 Å². The molecule has 1 heterocycles. The van der Waals surface area contributed by atoms with Gasteiger partial charge in [0.25, 0.3) is 5.91 Å². The first-order valence-corrected chi connectivity index (χ1v) is 9.12. The Morgan fingerprint density at radius 3 is 2.79 bits per heavy atom. The molecule has 0 aliphatic heterocycles. The summed E-state index contributed by atoms with van der Waals surface area (Å²) < 4.78 is 1.04. The highest BCUT2D eigenvalue weighted by molar-refractivity contribution is 14.1. The molecule has 0 aliphatic rings. The lowest BCUT2D eigenvalue weighted by Gasteiger charge is -2.13. The Morgan fingerprint density at radius 2 is 2.04 bits per heavy atom. The Kier molecular flexibility index (Phi) is 7.74. The number of aliphatic hydroxyl groups is 1. The van der Waals surface area contributed by atoms with Gasteiger partial charge in [-0.2, -0.15) is 0 Å². The summed E-state index contributed by atoms with van der Waals surface area (Å²) in [6.45, 7) is 0.758. The normalized spacial score (nSPS) is 10.5. The van der Waals surface area contributed by atoms with E-state index in [9.17, 15) is 4.79 Å². The number of benzene rings is 1. The molecule has 0 radical (unpaired) electrons. The van der Waals surface area contributed by atoms with Crippen molar-refractivity contribution >= 4 is 51.5 Å². The third-order valence-electron chi connectivity index (χ3n) is 3.39. The number of hydrogen-bond acceptors (Lipinski definition) is 4. The third-order valence-corrected chi connectivity index (χ3v) is 4.37. The van der Waals surface area contributed by atoms with Crippen LogP contribution >= 0.6 is 34.2 Å². The highest BCUT2D eigenvalue weighted by Gasteiger charge is 2.12. The van der Waals surface area contributed by atoms with Crippen molar-refractivity contribution in [2.75, 3.05) is 18.5 Å². The average Bonchev–Trinajstić information content (AvgIpc) is 2.57. The first-order chi connectivity index (χ1) is 11.6. The van der Waals surface area contributed by atoms with Crippen LogP contribution in [-0.2, 0) is 0 Å². The van der Waals surface area contributed by atoms with Crippen LogP contribution in [0.3, 0.4) is 0 Å². The quantitative estimate of drug-likeness (QED) is 0.412. The molecule has 0 aliphatic carbocycles. The average molecular weight is 460 g/mol. The third kappa shape index (κ3) is 5.61. The van der Waals surface area contributed by atoms with Crippen LogP contribution in [0.1, 0.15) is 29.6 Å². The molecule has 0 unspecified atom stereocenters. The minimum Gasteiger partial charge on any atom is -0.396 e. The number of anilines is 2. The van der Waals surface area contributed by atoms with Crippen molar-refractivity contribution in [3.8, 4) is 0 Å². The molecule has 0 saturated heterocycles. The first kappa shape index (κ1) is 19.0. The van der Waals surface area contributed by atoms with Gasteiger partial charge >= 0.3 is 0 Å². The van der Waals surface area contributed by atoms with E-state index < -0.39 is 0 Å². The number of pyridine rings is 1. The van der Waals surface area contributed by atoms with E-state index in [-0.39, 0.29) is 12.5 Å². The van der Waals surface area contributed by atoms with Gasteiger partial charge in [0.15, 0.2) is 0 Å². The second kappa shape index (κ2) is 9.80. The second-order valence-corrected chi connectivity index (χ2v) is 6.86. The fourth-order valence-electron chi connectivity index (χ4n) is 2.14. The minimum absolute atomic E-state index is 0.162. The SMILES string of the molecule is O=C(NCCCCCO)c1ccncc1Nc1ccc(I)cc1Cl. The number of amides is 1. The molecule has 2 rings (SSSR count). The van der Waals surface area contributed by atoms with Gasteiger partial charge in [-0.3, -0.25) is 9.78 Å². The van der Waals surface area contributed by atoms with Crippen molar-refractivity contribution in [1.29, 1.82) is 0 Å². The highest BCUT2D eigenvalue weighted by atomic mass is 127. The smallest absolute Gasteiger partial charge is 0.253 e. The molecule has 1 aromatic heterocycles. The van der Waals surface area contributed by atoms with Crippen molar-refractivity contribution in [1.82, 2.24) is 10.3 Å². The summed E-state index contributed by atoms with van der Waals surface area (Å²) in [6, 6.07) is 7.33. The van der Waals surface area contributed by atoms with Gasteiger partial charge in [-0.15, -0.1) is 0 Å². The van der Waals surface area contributed by atoms with E-state index in [0.29, 0.717) is 22.8 Å². The lowest BCUT2D eigenvalue weighted by Crippen LogP contribution is -2.25. The number of rotatable bonds is 8. The van der Waals surface area contributed by atoms with Gasteiger partial charge in [0.2, 0.25) is 0 Å². The molecule has 0 bridgehead atoms. The molecule has 2 aromatic rings. The number of nitrogens with zero attached hydrogens (tertiary/aromatic N) is 1. The Morgan fingerprint density at radius 1 is 1.21 bits per heavy atom. The second-order valence-electron chi connectivity index (χ2n) is 5.21. The predicted octanol–water partition coefficient (Wildman–Crippen LogP) is 3.98. The molecular weight excluding hydrogens is 441 g/mol. The van der Waals surface area contributed by atoms with E-state index >= 15 is 0 Å². The number of aliphatic hydroxyl groups excluding tert-OH is 1. The molecule has 0 saturated carbocycles. The van der Waals surface area contributed by atoms with Crippen molar-refractivity contribution < 1.29 is 9.90 Å². The lowest BCUT2D eigenvalue weighted by atomic mass is 10.2. The van der Waals surface area contributed by atoms with Crippen LogP contribution in [0.4, 0.5) is 11.4 Å². The molecule has 24 heavy (non-hydrogen) atoms. The van der Waals surface area contributed by atoms with Gasteiger partial charge in [-0.05, 0) is 66.1 Å². The number of nitrogens with one attached hydrogen (secondary N) is 2. The maximum atomic E-state index is 12.4. The number of halogens is 2. The zero-order valence-corrected chi connectivity index (χ0v) is 16.0. The molecular formula is C17H19ClIN3O2. The van der Waals surface area contributed by atoms with Crippen LogP contribution in [0.25, 0.3) is 0 Å². The Hall–Kier alpha value is -1.38. The van der Waals surface area contributed by atoms with Crippen LogP contribution in [0.2, 0.25) is 5.02 Å². The monoisotopic (exact) mass is 459 g/mol. The van der Waals surface area contributed by atoms with Crippen molar-refractivity contribution in [2.24, 2.45) is 0 Å². The number of aromatic nitrogens is 1. The van der Waals surface area contributed by atoms with E-state index in [2.05, 4.69) is 38.2 Å². The van der Waals surface area contributed by atoms with Gasteiger partial charge in [-0.25, -0.2) is 0 Å². The summed E-state index contributed by atoms with van der Waals surface area (Å²) in [6.07, 6.45) is 5.67. The highest BCUT2D eigenvalue weighted by Crippen LogP contribution is 2.28. The molecule has 128 valence electrons. The van der Waals surface area contributed by atoms with Gasteiger partial charge in [-0.1, -0.05) is 11.6 Å². The summed E-state index contributed by atoms with van der Waals surface area (Å²) in [5.74, 6) is -0.162. The molecule has 5 nitrogen and oxygen atoms in total. The summed E-state index contributed by atoms with van der Waals surface area (Å²) in [4.78, 5) is 16.4. The molecule has 0 fully saturated rings. The summed E-state index contributed by atoms with van der Waals surface area (Å²) in [5.41, 5.74) is 1.84. The predicted molar refractivity (Wildman–Crippen MR) is 105 cm³/mol. The van der Waals surface area contributed by atoms with E-state index in [4.69, 9.17) is 16.7 Å². The number of carbonyl (C=O) groups is 1. The largest absolute Gasteiger partial charge is 0.396 e.